The predicted octanol–water partition coefficient (Wildman–Crippen LogP) is 9.19. The number of nitriles is 2. The van der Waals surface area contributed by atoms with Gasteiger partial charge in [-0.25, -0.2) is 0 Å². The van der Waals surface area contributed by atoms with Gasteiger partial charge in [0.1, 0.15) is 17.7 Å². The van der Waals surface area contributed by atoms with Crippen LogP contribution in [0.2, 0.25) is 0 Å². The van der Waals surface area contributed by atoms with Gasteiger partial charge >= 0.3 is 17.8 Å². The van der Waals surface area contributed by atoms with Crippen LogP contribution in [0.5, 0.6) is 0 Å². The number of nitrogens with zero attached hydrogens (tertiary/aromatic N) is 2. The van der Waals surface area contributed by atoms with Crippen LogP contribution in [0.1, 0.15) is 13.8 Å². The van der Waals surface area contributed by atoms with Crippen LogP contribution in [-0.2, 0) is 0 Å². The summed E-state index contributed by atoms with van der Waals surface area (Å²) in [5.41, 5.74) is -2.81. The number of alkyl halides is 6. The number of hydrogen-bond donors (Lipinski definition) is 0. The van der Waals surface area contributed by atoms with Gasteiger partial charge in [0.2, 0.25) is 0 Å². The van der Waals surface area contributed by atoms with Gasteiger partial charge in [-0.2, -0.15) is 36.9 Å². The Labute approximate surface area is 238 Å². The molecule has 1 aliphatic carbocycles. The van der Waals surface area contributed by atoms with Gasteiger partial charge in [-0.15, -0.1) is 23.5 Å². The van der Waals surface area contributed by atoms with Crippen molar-refractivity contribution in [3.8, 4) is 12.1 Å². The van der Waals surface area contributed by atoms with Crippen molar-refractivity contribution in [3.63, 3.8) is 0 Å². The molecule has 39 heavy (non-hydrogen) atoms. The summed E-state index contributed by atoms with van der Waals surface area (Å²) in [6, 6.07) is 11.0. The fourth-order valence-corrected chi connectivity index (χ4v) is 9.94. The molecule has 3 heterocycles. The van der Waals surface area contributed by atoms with E-state index in [-0.39, 0.29) is 10.5 Å². The molecule has 0 saturated carbocycles. The van der Waals surface area contributed by atoms with Crippen LogP contribution in [0.15, 0.2) is 89.1 Å². The van der Waals surface area contributed by atoms with E-state index in [1.165, 1.54) is 54.4 Å². The zero-order chi connectivity index (χ0) is 28.3. The zero-order valence-electron chi connectivity index (χ0n) is 20.2. The summed E-state index contributed by atoms with van der Waals surface area (Å²) in [6.07, 6.45) is 5.52. The summed E-state index contributed by atoms with van der Waals surface area (Å²) in [7, 11) is 0. The largest absolute Gasteiger partial charge is 0.380 e. The molecule has 3 aliphatic heterocycles. The lowest BCUT2D eigenvalue weighted by Gasteiger charge is -2.27. The molecule has 0 amide bonds. The maximum atomic E-state index is 15.4. The number of fused-ring (bicyclic) bond motifs is 1. The minimum Gasteiger partial charge on any atom is -0.194 e. The van der Waals surface area contributed by atoms with Gasteiger partial charge in [-0.05, 0) is 24.3 Å². The Balaban J connectivity index is 1.59. The molecule has 0 aromatic heterocycles. The van der Waals surface area contributed by atoms with E-state index in [2.05, 4.69) is 0 Å². The third kappa shape index (κ3) is 4.57. The van der Waals surface area contributed by atoms with Gasteiger partial charge in [-0.3, -0.25) is 0 Å². The standard InChI is InChI=1S/C27H18F6N2S4/c1-13-18(8-16(36-13)7-15(11-34)12-35)23-24(26(30,31)27(32,33)25(23,28)29)19-9-17(37-14(19)2)10-22-38-20-5-3-4-6-21(20)39-22/h3-10,13-14,18-19H,1-2H3. The third-order valence-electron chi connectivity index (χ3n) is 6.82. The normalized spacial score (nSPS) is 29.8. The summed E-state index contributed by atoms with van der Waals surface area (Å²) in [5.74, 6) is -18.5. The second-order valence-corrected chi connectivity index (χ2v) is 14.6. The van der Waals surface area contributed by atoms with E-state index in [1.54, 1.807) is 25.1 Å². The number of halogens is 6. The van der Waals surface area contributed by atoms with Crippen molar-refractivity contribution >= 4 is 47.0 Å². The highest BCUT2D eigenvalue weighted by Crippen LogP contribution is 2.66. The molecule has 0 radical (unpaired) electrons. The second kappa shape index (κ2) is 10.1. The molecule has 5 rings (SSSR count). The Morgan fingerprint density at radius 1 is 0.795 bits per heavy atom. The van der Waals surface area contributed by atoms with E-state index < -0.39 is 51.2 Å². The minimum absolute atomic E-state index is 0.219. The van der Waals surface area contributed by atoms with E-state index in [1.807, 2.05) is 24.3 Å². The minimum atomic E-state index is -5.61. The number of thioether (sulfide) groups is 4. The molecule has 202 valence electrons. The van der Waals surface area contributed by atoms with Crippen molar-refractivity contribution in [1.82, 2.24) is 0 Å². The highest BCUT2D eigenvalue weighted by Gasteiger charge is 2.81. The molecule has 1 aromatic carbocycles. The van der Waals surface area contributed by atoms with Crippen LogP contribution in [0, 0.1) is 34.5 Å². The summed E-state index contributed by atoms with van der Waals surface area (Å²) in [5, 5.41) is 16.6. The molecule has 0 saturated heterocycles. The quantitative estimate of drug-likeness (QED) is 0.192. The lowest BCUT2D eigenvalue weighted by atomic mass is 9.84. The van der Waals surface area contributed by atoms with E-state index in [4.69, 9.17) is 10.5 Å². The molecule has 12 heteroatoms. The topological polar surface area (TPSA) is 47.6 Å². The fraction of sp³-hybridized carbons (Fsp3) is 0.333. The molecule has 0 N–H and O–H groups in total. The number of benzene rings is 1. The predicted molar refractivity (Wildman–Crippen MR) is 145 cm³/mol. The molecule has 0 spiro atoms. The molecule has 0 fully saturated rings. The van der Waals surface area contributed by atoms with Crippen LogP contribution >= 0.6 is 47.0 Å². The first-order chi connectivity index (χ1) is 18.3. The zero-order valence-corrected chi connectivity index (χ0v) is 23.5. The van der Waals surface area contributed by atoms with E-state index >= 15 is 17.6 Å². The Kier molecular flexibility index (Phi) is 7.33. The van der Waals surface area contributed by atoms with Gasteiger partial charge in [0.25, 0.3) is 0 Å². The Hall–Kier alpha value is -2.12. The van der Waals surface area contributed by atoms with Crippen LogP contribution in [-0.4, -0.2) is 28.3 Å². The first-order valence-electron chi connectivity index (χ1n) is 11.7. The summed E-state index contributed by atoms with van der Waals surface area (Å²) < 4.78 is 92.0. The molecule has 2 nitrogen and oxygen atoms in total. The molecule has 1 aromatic rings. The van der Waals surface area contributed by atoms with E-state index in [0.717, 1.165) is 31.9 Å². The van der Waals surface area contributed by atoms with Crippen molar-refractivity contribution in [3.05, 3.63) is 79.3 Å². The highest BCUT2D eigenvalue weighted by molar-refractivity contribution is 8.24. The monoisotopic (exact) mass is 612 g/mol. The van der Waals surface area contributed by atoms with Crippen LogP contribution in [0.25, 0.3) is 0 Å². The second-order valence-electron chi connectivity index (χ2n) is 9.28. The highest BCUT2D eigenvalue weighted by atomic mass is 32.2. The van der Waals surface area contributed by atoms with Crippen molar-refractivity contribution < 1.29 is 26.3 Å². The van der Waals surface area contributed by atoms with Crippen molar-refractivity contribution in [2.75, 3.05) is 0 Å². The number of hydrogen-bond acceptors (Lipinski definition) is 6. The van der Waals surface area contributed by atoms with Crippen LogP contribution < -0.4 is 0 Å². The summed E-state index contributed by atoms with van der Waals surface area (Å²) >= 11 is 5.15. The van der Waals surface area contributed by atoms with Crippen molar-refractivity contribution in [2.45, 2.75) is 51.9 Å². The van der Waals surface area contributed by atoms with Gasteiger partial charge in [0.15, 0.2) is 0 Å². The number of allylic oxidation sites excluding steroid dienone is 7. The molecule has 4 aliphatic rings. The number of rotatable bonds is 4. The molecule has 4 atom stereocenters. The first-order valence-corrected chi connectivity index (χ1v) is 15.0. The molecule has 4 unspecified atom stereocenters. The Bertz CT molecular complexity index is 1430. The van der Waals surface area contributed by atoms with Crippen molar-refractivity contribution in [2.24, 2.45) is 11.8 Å². The van der Waals surface area contributed by atoms with Crippen molar-refractivity contribution in [1.29, 1.82) is 10.5 Å². The molecule has 0 bridgehead atoms. The van der Waals surface area contributed by atoms with Gasteiger partial charge in [0.05, 0.1) is 4.24 Å². The van der Waals surface area contributed by atoms with Crippen LogP contribution in [0.3, 0.4) is 0 Å². The average molecular weight is 613 g/mol. The van der Waals surface area contributed by atoms with E-state index in [9.17, 15) is 8.78 Å². The summed E-state index contributed by atoms with van der Waals surface area (Å²) in [6.45, 7) is 3.05. The molecular formula is C27H18F6N2S4. The lowest BCUT2D eigenvalue weighted by Crippen LogP contribution is -2.50. The Morgan fingerprint density at radius 2 is 1.26 bits per heavy atom. The van der Waals surface area contributed by atoms with Gasteiger partial charge < -0.3 is 0 Å². The summed E-state index contributed by atoms with van der Waals surface area (Å²) in [4.78, 5) is 2.84. The van der Waals surface area contributed by atoms with Crippen LogP contribution in [0.4, 0.5) is 26.3 Å². The fourth-order valence-electron chi connectivity index (χ4n) is 4.99. The SMILES string of the molecule is CC1SC(C=C(C#N)C#N)=CC1C1=C(C2C=C(C=C3Sc4ccccc4S3)SC2C)C(F)(F)C(F)(F)C1(F)F. The van der Waals surface area contributed by atoms with Gasteiger partial charge in [-0.1, -0.05) is 61.7 Å². The lowest BCUT2D eigenvalue weighted by molar-refractivity contribution is -0.266. The first kappa shape index (κ1) is 28.4. The van der Waals surface area contributed by atoms with E-state index in [0.29, 0.717) is 4.91 Å². The maximum Gasteiger partial charge on any atom is 0.380 e. The van der Waals surface area contributed by atoms with Gasteiger partial charge in [0, 0.05) is 53.1 Å². The third-order valence-corrected chi connectivity index (χ3v) is 11.6. The Morgan fingerprint density at radius 3 is 1.74 bits per heavy atom. The molecular weight excluding hydrogens is 595 g/mol. The maximum absolute atomic E-state index is 15.4. The smallest absolute Gasteiger partial charge is 0.194 e. The average Bonchev–Trinajstić information content (AvgIpc) is 3.57.